The molecule has 1 aromatic rings. The molecule has 0 aliphatic heterocycles. The number of nitrogens with one attached hydrogen (secondary N) is 1. The first kappa shape index (κ1) is 17.6. The van der Waals surface area contributed by atoms with Gasteiger partial charge in [-0.05, 0) is 33.0 Å². The van der Waals surface area contributed by atoms with Crippen LogP contribution >= 0.6 is 23.6 Å². The average Bonchev–Trinajstić information content (AvgIpc) is 2.70. The van der Waals surface area contributed by atoms with Gasteiger partial charge in [0, 0.05) is 31.5 Å². The molecule has 0 unspecified atom stereocenters. The van der Waals surface area contributed by atoms with E-state index in [1.165, 1.54) is 11.3 Å². The van der Waals surface area contributed by atoms with Gasteiger partial charge >= 0.3 is 0 Å². The molecule has 0 aromatic carbocycles. The molecule has 21 heavy (non-hydrogen) atoms. The third-order valence-corrected chi connectivity index (χ3v) is 3.73. The van der Waals surface area contributed by atoms with Crippen LogP contribution in [0.4, 0.5) is 5.13 Å². The summed E-state index contributed by atoms with van der Waals surface area (Å²) >= 11 is 6.76. The van der Waals surface area contributed by atoms with E-state index in [9.17, 15) is 0 Å². The highest BCUT2D eigenvalue weighted by Gasteiger charge is 2.14. The summed E-state index contributed by atoms with van der Waals surface area (Å²) in [5.41, 5.74) is -0.0707. The van der Waals surface area contributed by atoms with Gasteiger partial charge in [-0.1, -0.05) is 11.3 Å². The fraction of sp³-hybridized carbons (Fsp3) is 0.692. The summed E-state index contributed by atoms with van der Waals surface area (Å²) in [5.74, 6) is 0. The van der Waals surface area contributed by atoms with Crippen molar-refractivity contribution in [2.75, 3.05) is 18.4 Å². The molecule has 0 amide bonds. The van der Waals surface area contributed by atoms with Crippen LogP contribution in [-0.4, -0.2) is 33.3 Å². The molecule has 0 aliphatic carbocycles. The quantitative estimate of drug-likeness (QED) is 0.777. The number of hydrogen-bond donors (Lipinski definition) is 1. The standard InChI is InChI=1S/C13H20N6S2/c1-13(2,3)16-11-17-19(12(20)21-11)10-18(8-4-6-14)9-5-7-15/h4-5,8-10H2,1-3H3,(H,16,17). The Morgan fingerprint density at radius 1 is 1.29 bits per heavy atom. The maximum atomic E-state index is 8.70. The summed E-state index contributed by atoms with van der Waals surface area (Å²) in [4.78, 5) is 2.02. The van der Waals surface area contributed by atoms with Gasteiger partial charge < -0.3 is 5.32 Å². The normalized spacial score (nSPS) is 11.1. The number of anilines is 1. The first-order valence-electron chi connectivity index (χ1n) is 6.68. The number of aromatic nitrogens is 2. The van der Waals surface area contributed by atoms with Crippen molar-refractivity contribution in [3.05, 3.63) is 3.95 Å². The molecule has 1 rings (SSSR count). The molecule has 0 atom stereocenters. The summed E-state index contributed by atoms with van der Waals surface area (Å²) in [6.45, 7) is 7.92. The molecule has 0 radical (unpaired) electrons. The zero-order chi connectivity index (χ0) is 15.9. The summed E-state index contributed by atoms with van der Waals surface area (Å²) < 4.78 is 2.42. The summed E-state index contributed by atoms with van der Waals surface area (Å²) in [6, 6.07) is 4.24. The second-order valence-electron chi connectivity index (χ2n) is 5.62. The van der Waals surface area contributed by atoms with Gasteiger partial charge in [0.05, 0.1) is 18.8 Å². The zero-order valence-corrected chi connectivity index (χ0v) is 14.2. The van der Waals surface area contributed by atoms with Crippen molar-refractivity contribution in [2.45, 2.75) is 45.8 Å². The van der Waals surface area contributed by atoms with Crippen LogP contribution in [0.5, 0.6) is 0 Å². The van der Waals surface area contributed by atoms with E-state index < -0.39 is 0 Å². The van der Waals surface area contributed by atoms with Crippen LogP contribution in [0.3, 0.4) is 0 Å². The minimum absolute atomic E-state index is 0.0707. The van der Waals surface area contributed by atoms with Crippen LogP contribution in [0.1, 0.15) is 33.6 Å². The topological polar surface area (TPSA) is 80.7 Å². The molecule has 6 nitrogen and oxygen atoms in total. The highest BCUT2D eigenvalue weighted by molar-refractivity contribution is 7.73. The van der Waals surface area contributed by atoms with Crippen molar-refractivity contribution in [1.29, 1.82) is 10.5 Å². The highest BCUT2D eigenvalue weighted by atomic mass is 32.1. The largest absolute Gasteiger partial charge is 0.356 e. The van der Waals surface area contributed by atoms with Crippen molar-refractivity contribution < 1.29 is 0 Å². The van der Waals surface area contributed by atoms with Gasteiger partial charge in [0.25, 0.3) is 0 Å². The third kappa shape index (κ3) is 6.67. The van der Waals surface area contributed by atoms with Gasteiger partial charge in [0.1, 0.15) is 0 Å². The monoisotopic (exact) mass is 324 g/mol. The molecule has 0 spiro atoms. The first-order valence-corrected chi connectivity index (χ1v) is 7.90. The van der Waals surface area contributed by atoms with Gasteiger partial charge in [0.15, 0.2) is 3.95 Å². The molecule has 1 N–H and O–H groups in total. The molecular formula is C13H20N6S2. The number of hydrogen-bond acceptors (Lipinski definition) is 7. The molecule has 0 aliphatic rings. The Kier molecular flexibility index (Phi) is 6.76. The lowest BCUT2D eigenvalue weighted by Gasteiger charge is -2.20. The summed E-state index contributed by atoms with van der Waals surface area (Å²) in [5, 5.41) is 25.9. The van der Waals surface area contributed by atoms with E-state index >= 15 is 0 Å². The predicted octanol–water partition coefficient (Wildman–Crippen LogP) is 2.97. The highest BCUT2D eigenvalue weighted by Crippen LogP contribution is 2.19. The Hall–Kier alpha value is -1.48. The lowest BCUT2D eigenvalue weighted by Crippen LogP contribution is -2.29. The van der Waals surface area contributed by atoms with Gasteiger partial charge in [-0.3, -0.25) is 4.90 Å². The van der Waals surface area contributed by atoms with E-state index in [1.54, 1.807) is 4.68 Å². The lowest BCUT2D eigenvalue weighted by atomic mass is 10.1. The average molecular weight is 324 g/mol. The number of nitrogens with zero attached hydrogens (tertiary/aromatic N) is 5. The molecule has 114 valence electrons. The van der Waals surface area contributed by atoms with Crippen LogP contribution in [0, 0.1) is 26.6 Å². The zero-order valence-electron chi connectivity index (χ0n) is 12.6. The fourth-order valence-corrected chi connectivity index (χ4v) is 2.83. The van der Waals surface area contributed by atoms with Crippen LogP contribution in [0.2, 0.25) is 0 Å². The first-order chi connectivity index (χ1) is 9.85. The van der Waals surface area contributed by atoms with Crippen LogP contribution in [-0.2, 0) is 6.67 Å². The molecular weight excluding hydrogens is 304 g/mol. The van der Waals surface area contributed by atoms with Gasteiger partial charge in [-0.25, -0.2) is 4.68 Å². The van der Waals surface area contributed by atoms with E-state index in [0.717, 1.165) is 5.13 Å². The van der Waals surface area contributed by atoms with Crippen molar-refractivity contribution in [1.82, 2.24) is 14.7 Å². The SMILES string of the molecule is CC(C)(C)Nc1nn(CN(CCC#N)CCC#N)c(=S)s1. The molecule has 0 saturated heterocycles. The molecule has 0 saturated carbocycles. The maximum absolute atomic E-state index is 8.70. The van der Waals surface area contributed by atoms with Gasteiger partial charge in [0.2, 0.25) is 5.13 Å². The Balaban J connectivity index is 2.77. The van der Waals surface area contributed by atoms with Gasteiger partial charge in [-0.15, -0.1) is 5.10 Å². The van der Waals surface area contributed by atoms with E-state index in [-0.39, 0.29) is 5.54 Å². The van der Waals surface area contributed by atoms with Crippen LogP contribution in [0.15, 0.2) is 0 Å². The lowest BCUT2D eigenvalue weighted by molar-refractivity contribution is 0.215. The number of nitriles is 2. The second kappa shape index (κ2) is 8.08. The third-order valence-electron chi connectivity index (χ3n) is 2.50. The van der Waals surface area contributed by atoms with Crippen molar-refractivity contribution in [3.63, 3.8) is 0 Å². The Morgan fingerprint density at radius 2 is 1.86 bits per heavy atom. The van der Waals surface area contributed by atoms with Gasteiger partial charge in [-0.2, -0.15) is 10.5 Å². The molecule has 8 heteroatoms. The summed E-state index contributed by atoms with van der Waals surface area (Å²) in [7, 11) is 0. The maximum Gasteiger partial charge on any atom is 0.205 e. The van der Waals surface area contributed by atoms with Crippen LogP contribution in [0.25, 0.3) is 0 Å². The smallest absolute Gasteiger partial charge is 0.205 e. The van der Waals surface area contributed by atoms with Crippen molar-refractivity contribution in [2.24, 2.45) is 0 Å². The minimum Gasteiger partial charge on any atom is -0.356 e. The van der Waals surface area contributed by atoms with E-state index in [2.05, 4.69) is 43.3 Å². The van der Waals surface area contributed by atoms with Crippen molar-refractivity contribution in [3.8, 4) is 12.1 Å². The van der Waals surface area contributed by atoms with E-state index in [1.807, 2.05) is 4.90 Å². The molecule has 1 heterocycles. The Bertz CT molecular complexity index is 566. The molecule has 0 fully saturated rings. The second-order valence-corrected chi connectivity index (χ2v) is 7.25. The number of rotatable bonds is 7. The van der Waals surface area contributed by atoms with Crippen LogP contribution < -0.4 is 5.32 Å². The van der Waals surface area contributed by atoms with Crippen molar-refractivity contribution >= 4 is 28.7 Å². The molecule has 0 bridgehead atoms. The fourth-order valence-electron chi connectivity index (χ4n) is 1.63. The molecule has 1 aromatic heterocycles. The minimum atomic E-state index is -0.0707. The van der Waals surface area contributed by atoms with E-state index in [0.29, 0.717) is 36.6 Å². The van der Waals surface area contributed by atoms with E-state index in [4.69, 9.17) is 22.7 Å². The predicted molar refractivity (Wildman–Crippen MR) is 86.3 cm³/mol. The Morgan fingerprint density at radius 3 is 2.33 bits per heavy atom. The Labute approximate surface area is 134 Å². The summed E-state index contributed by atoms with van der Waals surface area (Å²) in [6.07, 6.45) is 0.853.